The molecule has 124 valence electrons. The van der Waals surface area contributed by atoms with Crippen LogP contribution >= 0.6 is 0 Å². The highest BCUT2D eigenvalue weighted by Gasteiger charge is 2.27. The summed E-state index contributed by atoms with van der Waals surface area (Å²) < 4.78 is 7.27. The second-order valence-corrected chi connectivity index (χ2v) is 6.74. The highest BCUT2D eigenvalue weighted by molar-refractivity contribution is 5.68. The molecule has 1 aromatic heterocycles. The van der Waals surface area contributed by atoms with E-state index in [2.05, 4.69) is 15.6 Å². The standard InChI is InChI=1S/C15H27N5O2/c1-15(2,3)22-14(21)19-9-4-6-13(12-19)16-7-5-10-20-11-8-17-18-20/h8,11,13,16H,4-7,9-10,12H2,1-3H3. The van der Waals surface area contributed by atoms with Crippen LogP contribution in [-0.4, -0.2) is 57.3 Å². The number of aromatic nitrogens is 3. The molecule has 0 aromatic carbocycles. The highest BCUT2D eigenvalue weighted by atomic mass is 16.6. The van der Waals surface area contributed by atoms with Gasteiger partial charge in [0.1, 0.15) is 5.60 Å². The van der Waals surface area contributed by atoms with Crippen LogP contribution in [0.5, 0.6) is 0 Å². The van der Waals surface area contributed by atoms with E-state index in [1.807, 2.05) is 36.5 Å². The maximum Gasteiger partial charge on any atom is 0.410 e. The zero-order chi connectivity index (χ0) is 16.0. The molecule has 1 fully saturated rings. The molecule has 1 atom stereocenters. The van der Waals surface area contributed by atoms with E-state index < -0.39 is 5.60 Å². The van der Waals surface area contributed by atoms with E-state index in [4.69, 9.17) is 4.74 Å². The largest absolute Gasteiger partial charge is 0.444 e. The minimum Gasteiger partial charge on any atom is -0.444 e. The lowest BCUT2D eigenvalue weighted by atomic mass is 10.1. The van der Waals surface area contributed by atoms with Crippen molar-refractivity contribution in [1.29, 1.82) is 0 Å². The SMILES string of the molecule is CC(C)(C)OC(=O)N1CCCC(NCCCn2ccnn2)C1. The second kappa shape index (κ2) is 7.58. The third-order valence-electron chi connectivity index (χ3n) is 3.54. The van der Waals surface area contributed by atoms with Crippen molar-refractivity contribution in [3.05, 3.63) is 12.4 Å². The van der Waals surface area contributed by atoms with Gasteiger partial charge in [-0.05, 0) is 46.6 Å². The molecule has 1 saturated heterocycles. The Morgan fingerprint density at radius 3 is 2.95 bits per heavy atom. The third kappa shape index (κ3) is 5.63. The van der Waals surface area contributed by atoms with Gasteiger partial charge in [0.25, 0.3) is 0 Å². The molecule has 1 N–H and O–H groups in total. The zero-order valence-electron chi connectivity index (χ0n) is 13.8. The van der Waals surface area contributed by atoms with Crippen molar-refractivity contribution in [1.82, 2.24) is 25.2 Å². The summed E-state index contributed by atoms with van der Waals surface area (Å²) in [6, 6.07) is 0.344. The number of nitrogens with one attached hydrogen (secondary N) is 1. The Balaban J connectivity index is 1.68. The minimum absolute atomic E-state index is 0.207. The Labute approximate surface area is 132 Å². The molecule has 1 amide bonds. The number of likely N-dealkylation sites (tertiary alicyclic amines) is 1. The van der Waals surface area contributed by atoms with Gasteiger partial charge < -0.3 is 15.0 Å². The van der Waals surface area contributed by atoms with Crippen LogP contribution in [0.3, 0.4) is 0 Å². The summed E-state index contributed by atoms with van der Waals surface area (Å²) in [5.41, 5.74) is -0.435. The lowest BCUT2D eigenvalue weighted by molar-refractivity contribution is 0.0187. The summed E-state index contributed by atoms with van der Waals surface area (Å²) in [5, 5.41) is 11.2. The molecule has 22 heavy (non-hydrogen) atoms. The van der Waals surface area contributed by atoms with Gasteiger partial charge in [0.2, 0.25) is 0 Å². The first kappa shape index (κ1) is 16.7. The molecule has 0 saturated carbocycles. The number of carbonyl (C=O) groups is 1. The van der Waals surface area contributed by atoms with E-state index in [1.165, 1.54) is 0 Å². The molecule has 2 heterocycles. The van der Waals surface area contributed by atoms with Crippen LogP contribution in [0.4, 0.5) is 4.79 Å². The Kier molecular flexibility index (Phi) is 5.76. The number of aryl methyl sites for hydroxylation is 1. The van der Waals surface area contributed by atoms with E-state index in [1.54, 1.807) is 6.20 Å². The molecule has 1 aromatic rings. The molecular weight excluding hydrogens is 282 g/mol. The van der Waals surface area contributed by atoms with Gasteiger partial charge in [-0.25, -0.2) is 4.79 Å². The van der Waals surface area contributed by atoms with Gasteiger partial charge in [-0.2, -0.15) is 0 Å². The second-order valence-electron chi connectivity index (χ2n) is 6.74. The number of piperidine rings is 1. The van der Waals surface area contributed by atoms with Gasteiger partial charge >= 0.3 is 6.09 Å². The molecule has 1 aliphatic heterocycles. The van der Waals surface area contributed by atoms with Crippen molar-refractivity contribution in [2.24, 2.45) is 0 Å². The summed E-state index contributed by atoms with van der Waals surface area (Å²) in [5.74, 6) is 0. The van der Waals surface area contributed by atoms with Crippen LogP contribution in [0.2, 0.25) is 0 Å². The number of hydrogen-bond donors (Lipinski definition) is 1. The van der Waals surface area contributed by atoms with Crippen molar-refractivity contribution in [2.45, 2.75) is 58.2 Å². The van der Waals surface area contributed by atoms with Crippen molar-refractivity contribution in [3.63, 3.8) is 0 Å². The Hall–Kier alpha value is -1.63. The van der Waals surface area contributed by atoms with Crippen LogP contribution in [0, 0.1) is 0 Å². The number of nitrogens with zero attached hydrogens (tertiary/aromatic N) is 4. The summed E-state index contributed by atoms with van der Waals surface area (Å²) in [7, 11) is 0. The summed E-state index contributed by atoms with van der Waals surface area (Å²) in [4.78, 5) is 13.9. The van der Waals surface area contributed by atoms with Gasteiger partial charge in [0, 0.05) is 31.9 Å². The van der Waals surface area contributed by atoms with E-state index in [9.17, 15) is 4.79 Å². The topological polar surface area (TPSA) is 72.3 Å². The summed E-state index contributed by atoms with van der Waals surface area (Å²) in [6.45, 7) is 8.96. The monoisotopic (exact) mass is 309 g/mol. The molecule has 0 spiro atoms. The molecule has 1 unspecified atom stereocenters. The molecule has 0 aliphatic carbocycles. The molecule has 7 heteroatoms. The first-order valence-corrected chi connectivity index (χ1v) is 7.99. The number of ether oxygens (including phenoxy) is 1. The van der Waals surface area contributed by atoms with E-state index in [-0.39, 0.29) is 6.09 Å². The molecule has 7 nitrogen and oxygen atoms in total. The van der Waals surface area contributed by atoms with Gasteiger partial charge in [-0.3, -0.25) is 4.68 Å². The number of amides is 1. The van der Waals surface area contributed by atoms with Gasteiger partial charge in [-0.15, -0.1) is 5.10 Å². The molecule has 1 aliphatic rings. The van der Waals surface area contributed by atoms with Crippen molar-refractivity contribution >= 4 is 6.09 Å². The maximum absolute atomic E-state index is 12.1. The highest BCUT2D eigenvalue weighted by Crippen LogP contribution is 2.15. The van der Waals surface area contributed by atoms with E-state index >= 15 is 0 Å². The first-order chi connectivity index (χ1) is 10.4. The van der Waals surface area contributed by atoms with Crippen LogP contribution in [0.25, 0.3) is 0 Å². The average molecular weight is 309 g/mol. The first-order valence-electron chi connectivity index (χ1n) is 7.99. The fourth-order valence-corrected chi connectivity index (χ4v) is 2.54. The van der Waals surface area contributed by atoms with E-state index in [0.29, 0.717) is 6.04 Å². The zero-order valence-corrected chi connectivity index (χ0v) is 13.8. The van der Waals surface area contributed by atoms with Gasteiger partial charge in [-0.1, -0.05) is 5.21 Å². The minimum atomic E-state index is -0.435. The Bertz CT molecular complexity index is 455. The molecule has 2 rings (SSSR count). The normalized spacial score (nSPS) is 19.2. The summed E-state index contributed by atoms with van der Waals surface area (Å²) >= 11 is 0. The lowest BCUT2D eigenvalue weighted by Crippen LogP contribution is -2.49. The lowest BCUT2D eigenvalue weighted by Gasteiger charge is -2.34. The molecular formula is C15H27N5O2. The molecule has 0 radical (unpaired) electrons. The Morgan fingerprint density at radius 2 is 2.27 bits per heavy atom. The number of hydrogen-bond acceptors (Lipinski definition) is 5. The van der Waals surface area contributed by atoms with Crippen molar-refractivity contribution in [3.8, 4) is 0 Å². The van der Waals surface area contributed by atoms with Gasteiger partial charge in [0.15, 0.2) is 0 Å². The fraction of sp³-hybridized carbons (Fsp3) is 0.800. The fourth-order valence-electron chi connectivity index (χ4n) is 2.54. The average Bonchev–Trinajstić information content (AvgIpc) is 2.95. The quantitative estimate of drug-likeness (QED) is 0.838. The maximum atomic E-state index is 12.1. The van der Waals surface area contributed by atoms with Gasteiger partial charge in [0.05, 0.1) is 6.20 Å². The number of carbonyl (C=O) groups excluding carboxylic acids is 1. The number of rotatable bonds is 5. The van der Waals surface area contributed by atoms with Crippen molar-refractivity contribution < 1.29 is 9.53 Å². The molecule has 0 bridgehead atoms. The van der Waals surface area contributed by atoms with Crippen LogP contribution in [0.1, 0.15) is 40.0 Å². The van der Waals surface area contributed by atoms with E-state index in [0.717, 1.165) is 45.4 Å². The van der Waals surface area contributed by atoms with Crippen LogP contribution in [0.15, 0.2) is 12.4 Å². The third-order valence-corrected chi connectivity index (χ3v) is 3.54. The van der Waals surface area contributed by atoms with Crippen molar-refractivity contribution in [2.75, 3.05) is 19.6 Å². The van der Waals surface area contributed by atoms with Crippen LogP contribution in [-0.2, 0) is 11.3 Å². The predicted molar refractivity (Wildman–Crippen MR) is 83.5 cm³/mol. The predicted octanol–water partition coefficient (Wildman–Crippen LogP) is 1.66. The smallest absolute Gasteiger partial charge is 0.410 e. The van der Waals surface area contributed by atoms with Crippen LogP contribution < -0.4 is 5.32 Å². The summed E-state index contributed by atoms with van der Waals surface area (Å²) in [6.07, 6.45) is 6.45. The Morgan fingerprint density at radius 1 is 1.45 bits per heavy atom.